The van der Waals surface area contributed by atoms with E-state index in [-0.39, 0.29) is 18.2 Å². The lowest BCUT2D eigenvalue weighted by molar-refractivity contribution is -0.0906. The second kappa shape index (κ2) is 7.75. The second-order valence-corrected chi connectivity index (χ2v) is 7.97. The molecule has 146 valence electrons. The van der Waals surface area contributed by atoms with Crippen LogP contribution in [0.3, 0.4) is 0 Å². The minimum Gasteiger partial charge on any atom is -0.495 e. The Labute approximate surface area is 160 Å². The van der Waals surface area contributed by atoms with Crippen LogP contribution < -0.4 is 4.74 Å². The van der Waals surface area contributed by atoms with Gasteiger partial charge in [0.05, 0.1) is 31.4 Å². The number of nitrogens with zero attached hydrogens (tertiary/aromatic N) is 3. The number of benzene rings is 1. The fourth-order valence-corrected chi connectivity index (χ4v) is 3.48. The van der Waals surface area contributed by atoms with Crippen molar-refractivity contribution in [2.45, 2.75) is 38.5 Å². The lowest BCUT2D eigenvalue weighted by atomic mass is 10.0. The van der Waals surface area contributed by atoms with Gasteiger partial charge in [-0.3, -0.25) is 4.90 Å². The zero-order valence-electron chi connectivity index (χ0n) is 16.4. The summed E-state index contributed by atoms with van der Waals surface area (Å²) in [7, 11) is 1.56. The summed E-state index contributed by atoms with van der Waals surface area (Å²) in [4.78, 5) is 16.4. The molecule has 2 saturated heterocycles. The fraction of sp³-hybridized carbons (Fsp3) is 0.600. The number of methoxy groups -OCH3 is 1. The summed E-state index contributed by atoms with van der Waals surface area (Å²) < 4.78 is 16.9. The summed E-state index contributed by atoms with van der Waals surface area (Å²) in [6.07, 6.45) is -0.336. The molecule has 0 aliphatic carbocycles. The van der Waals surface area contributed by atoms with Crippen LogP contribution in [0.25, 0.3) is 0 Å². The van der Waals surface area contributed by atoms with Crippen molar-refractivity contribution in [1.29, 1.82) is 5.26 Å². The van der Waals surface area contributed by atoms with Gasteiger partial charge in [-0.15, -0.1) is 0 Å². The van der Waals surface area contributed by atoms with Crippen molar-refractivity contribution in [2.75, 3.05) is 39.9 Å². The van der Waals surface area contributed by atoms with E-state index in [9.17, 15) is 4.79 Å². The minimum absolute atomic E-state index is 0.0732. The Morgan fingerprint density at radius 3 is 2.74 bits per heavy atom. The van der Waals surface area contributed by atoms with E-state index in [0.717, 1.165) is 18.7 Å². The molecule has 7 heteroatoms. The van der Waals surface area contributed by atoms with Crippen LogP contribution in [0, 0.1) is 11.3 Å². The van der Waals surface area contributed by atoms with Gasteiger partial charge >= 0.3 is 6.09 Å². The van der Waals surface area contributed by atoms with Crippen LogP contribution in [-0.2, 0) is 9.47 Å². The molecule has 7 nitrogen and oxygen atoms in total. The highest BCUT2D eigenvalue weighted by Crippen LogP contribution is 2.30. The topological polar surface area (TPSA) is 75.0 Å². The monoisotopic (exact) mass is 373 g/mol. The summed E-state index contributed by atoms with van der Waals surface area (Å²) >= 11 is 0. The summed E-state index contributed by atoms with van der Waals surface area (Å²) in [6, 6.07) is 7.86. The average molecular weight is 373 g/mol. The highest BCUT2D eigenvalue weighted by Gasteiger charge is 2.36. The molecule has 1 aromatic rings. The van der Waals surface area contributed by atoms with Gasteiger partial charge in [0.1, 0.15) is 17.4 Å². The van der Waals surface area contributed by atoms with E-state index in [4.69, 9.17) is 19.5 Å². The predicted octanol–water partition coefficient (Wildman–Crippen LogP) is 2.56. The Hall–Kier alpha value is -2.30. The van der Waals surface area contributed by atoms with Crippen molar-refractivity contribution in [3.05, 3.63) is 29.3 Å². The summed E-state index contributed by atoms with van der Waals surface area (Å²) in [5, 5.41) is 9.13. The maximum atomic E-state index is 12.3. The number of amides is 1. The third kappa shape index (κ3) is 4.52. The summed E-state index contributed by atoms with van der Waals surface area (Å²) in [5.41, 5.74) is 1.02. The van der Waals surface area contributed by atoms with Gasteiger partial charge in [-0.05, 0) is 38.5 Å². The van der Waals surface area contributed by atoms with Crippen molar-refractivity contribution >= 4 is 6.09 Å². The van der Waals surface area contributed by atoms with Crippen molar-refractivity contribution in [3.63, 3.8) is 0 Å². The van der Waals surface area contributed by atoms with E-state index < -0.39 is 5.60 Å². The minimum atomic E-state index is -0.489. The maximum absolute atomic E-state index is 12.3. The summed E-state index contributed by atoms with van der Waals surface area (Å²) in [5.74, 6) is 0.565. The lowest BCUT2D eigenvalue weighted by Gasteiger charge is -2.46. The van der Waals surface area contributed by atoms with Crippen molar-refractivity contribution in [3.8, 4) is 11.8 Å². The Balaban J connectivity index is 1.63. The molecule has 1 amide bonds. The predicted molar refractivity (Wildman–Crippen MR) is 99.6 cm³/mol. The van der Waals surface area contributed by atoms with Crippen LogP contribution in [-0.4, -0.2) is 67.4 Å². The molecule has 3 rings (SSSR count). The molecule has 2 fully saturated rings. The first kappa shape index (κ1) is 19.5. The van der Waals surface area contributed by atoms with Gasteiger partial charge in [-0.2, -0.15) is 5.26 Å². The molecule has 1 aromatic carbocycles. The first-order valence-electron chi connectivity index (χ1n) is 9.22. The number of rotatable bonds is 2. The third-order valence-electron chi connectivity index (χ3n) is 4.86. The first-order valence-corrected chi connectivity index (χ1v) is 9.22. The van der Waals surface area contributed by atoms with Crippen molar-refractivity contribution < 1.29 is 19.0 Å². The van der Waals surface area contributed by atoms with Gasteiger partial charge in [0.15, 0.2) is 0 Å². The molecule has 2 aliphatic rings. The molecule has 0 spiro atoms. The molecule has 2 unspecified atom stereocenters. The lowest BCUT2D eigenvalue weighted by Crippen LogP contribution is -2.59. The first-order chi connectivity index (χ1) is 12.8. The molecule has 0 radical (unpaired) electrons. The van der Waals surface area contributed by atoms with Crippen molar-refractivity contribution in [1.82, 2.24) is 9.80 Å². The number of hydrogen-bond acceptors (Lipinski definition) is 6. The van der Waals surface area contributed by atoms with Gasteiger partial charge in [-0.1, -0.05) is 6.07 Å². The molecule has 0 aromatic heterocycles. The number of nitriles is 1. The number of carbonyl (C=O) groups is 1. The van der Waals surface area contributed by atoms with Crippen molar-refractivity contribution in [2.24, 2.45) is 0 Å². The van der Waals surface area contributed by atoms with Gasteiger partial charge in [-0.25, -0.2) is 4.79 Å². The number of piperazine rings is 1. The summed E-state index contributed by atoms with van der Waals surface area (Å²) in [6.45, 7) is 8.97. The Bertz CT molecular complexity index is 738. The quantitative estimate of drug-likeness (QED) is 0.793. The highest BCUT2D eigenvalue weighted by molar-refractivity contribution is 5.68. The van der Waals surface area contributed by atoms with Crippen LogP contribution in [0.5, 0.6) is 5.75 Å². The van der Waals surface area contributed by atoms with E-state index in [1.807, 2.05) is 32.9 Å². The number of morpholine rings is 1. The van der Waals surface area contributed by atoms with Gasteiger partial charge in [0.25, 0.3) is 0 Å². The standard InChI is InChI=1S/C20H27N3O4/c1-20(2,3)27-19(24)23-8-7-22-12-18(26-13-16(22)11-23)14-5-6-15(10-21)17(9-14)25-4/h5-6,9,16,18H,7-8,11-13H2,1-4H3. The van der Waals surface area contributed by atoms with Gasteiger partial charge < -0.3 is 19.1 Å². The average Bonchev–Trinajstić information content (AvgIpc) is 2.65. The SMILES string of the molecule is COc1cc(C2CN3CCN(C(=O)OC(C)(C)C)CC3CO2)ccc1C#N. The van der Waals surface area contributed by atoms with Gasteiger partial charge in [0.2, 0.25) is 0 Å². The molecule has 0 saturated carbocycles. The van der Waals surface area contributed by atoms with Crippen LogP contribution >= 0.6 is 0 Å². The number of hydrogen-bond donors (Lipinski definition) is 0. The fourth-order valence-electron chi connectivity index (χ4n) is 3.48. The van der Waals surface area contributed by atoms with E-state index in [1.165, 1.54) is 0 Å². The third-order valence-corrected chi connectivity index (χ3v) is 4.86. The van der Waals surface area contributed by atoms with E-state index in [1.54, 1.807) is 18.1 Å². The molecule has 0 bridgehead atoms. The normalized spacial score (nSPS) is 23.3. The van der Waals surface area contributed by atoms with Crippen LogP contribution in [0.2, 0.25) is 0 Å². The zero-order valence-corrected chi connectivity index (χ0v) is 16.4. The Morgan fingerprint density at radius 1 is 1.30 bits per heavy atom. The molecule has 0 N–H and O–H groups in total. The molecule has 27 heavy (non-hydrogen) atoms. The molecular formula is C20H27N3O4. The smallest absolute Gasteiger partial charge is 0.410 e. The second-order valence-electron chi connectivity index (χ2n) is 7.97. The number of carbonyl (C=O) groups excluding carboxylic acids is 1. The Morgan fingerprint density at radius 2 is 2.07 bits per heavy atom. The van der Waals surface area contributed by atoms with Gasteiger partial charge in [0, 0.05) is 26.2 Å². The number of fused-ring (bicyclic) bond motifs is 1. The van der Waals surface area contributed by atoms with Crippen LogP contribution in [0.1, 0.15) is 38.0 Å². The molecule has 2 heterocycles. The molecular weight excluding hydrogens is 346 g/mol. The number of ether oxygens (including phenoxy) is 3. The molecule has 2 atom stereocenters. The highest BCUT2D eigenvalue weighted by atomic mass is 16.6. The molecule has 2 aliphatic heterocycles. The van der Waals surface area contributed by atoms with E-state index in [2.05, 4.69) is 11.0 Å². The zero-order chi connectivity index (χ0) is 19.6. The Kier molecular flexibility index (Phi) is 5.59. The van der Waals surface area contributed by atoms with E-state index >= 15 is 0 Å². The van der Waals surface area contributed by atoms with E-state index in [0.29, 0.717) is 31.0 Å². The maximum Gasteiger partial charge on any atom is 0.410 e. The largest absolute Gasteiger partial charge is 0.495 e. The van der Waals surface area contributed by atoms with Crippen LogP contribution in [0.15, 0.2) is 18.2 Å². The van der Waals surface area contributed by atoms with Crippen LogP contribution in [0.4, 0.5) is 4.79 Å².